The Bertz CT molecular complexity index is 854. The average molecular weight is 350 g/mol. The van der Waals surface area contributed by atoms with Crippen molar-refractivity contribution < 1.29 is 23.8 Å². The number of ether oxygens (including phenoxy) is 1. The molecule has 2 N–H and O–H groups in total. The Morgan fingerprint density at radius 1 is 1.33 bits per heavy atom. The van der Waals surface area contributed by atoms with E-state index in [1.807, 2.05) is 0 Å². The zero-order chi connectivity index (χ0) is 17.5. The molecule has 0 saturated carbocycles. The van der Waals surface area contributed by atoms with Crippen molar-refractivity contribution in [3.8, 4) is 5.75 Å². The van der Waals surface area contributed by atoms with Crippen LogP contribution in [0, 0.1) is 5.82 Å². The molecule has 2 aromatic rings. The molecule has 0 bridgehead atoms. The van der Waals surface area contributed by atoms with Gasteiger partial charge in [0.15, 0.2) is 11.4 Å². The summed E-state index contributed by atoms with van der Waals surface area (Å²) in [4.78, 5) is 24.6. The maximum atomic E-state index is 14.0. The molecule has 1 aliphatic rings. The molecule has 1 amide bonds. The monoisotopic (exact) mass is 349 g/mol. The third-order valence-electron chi connectivity index (χ3n) is 3.94. The van der Waals surface area contributed by atoms with Gasteiger partial charge in [-0.05, 0) is 30.3 Å². The molecule has 1 aliphatic heterocycles. The quantitative estimate of drug-likeness (QED) is 0.832. The van der Waals surface area contributed by atoms with Gasteiger partial charge in [0.25, 0.3) is 5.91 Å². The molecule has 0 aliphatic carbocycles. The van der Waals surface area contributed by atoms with E-state index in [2.05, 4.69) is 5.32 Å². The van der Waals surface area contributed by atoms with E-state index in [0.717, 1.165) is 6.07 Å². The highest BCUT2D eigenvalue weighted by molar-refractivity contribution is 6.31. The molecule has 0 radical (unpaired) electrons. The number of Topliss-reactive ketones (excluding diaryl/α,β-unsaturated/α-hetero) is 1. The Labute approximate surface area is 142 Å². The molecule has 1 heterocycles. The Morgan fingerprint density at radius 3 is 2.75 bits per heavy atom. The molecule has 0 unspecified atom stereocenters. The van der Waals surface area contributed by atoms with Crippen LogP contribution in [0.15, 0.2) is 36.4 Å². The smallest absolute Gasteiger partial charge is 0.261 e. The highest BCUT2D eigenvalue weighted by atomic mass is 35.5. The van der Waals surface area contributed by atoms with Crippen molar-refractivity contribution in [3.63, 3.8) is 0 Å². The number of nitrogens with one attached hydrogen (secondary N) is 1. The Balaban J connectivity index is 1.95. The fourth-order valence-electron chi connectivity index (χ4n) is 2.67. The van der Waals surface area contributed by atoms with Gasteiger partial charge in [-0.15, -0.1) is 0 Å². The SMILES string of the molecule is COc1ccc(C(=O)C[C@@]2(O)C(=O)Nc3ccc(Cl)cc32)c(F)c1. The molecule has 0 saturated heterocycles. The lowest BCUT2D eigenvalue weighted by Crippen LogP contribution is -2.36. The van der Waals surface area contributed by atoms with Crippen molar-refractivity contribution in [3.05, 3.63) is 58.4 Å². The van der Waals surface area contributed by atoms with Crippen molar-refractivity contribution in [1.29, 1.82) is 0 Å². The number of benzene rings is 2. The molecule has 0 aromatic heterocycles. The minimum Gasteiger partial charge on any atom is -0.497 e. The van der Waals surface area contributed by atoms with E-state index in [1.54, 1.807) is 6.07 Å². The first-order valence-corrected chi connectivity index (χ1v) is 7.43. The minimum absolute atomic E-state index is 0.197. The summed E-state index contributed by atoms with van der Waals surface area (Å²) < 4.78 is 18.9. The first kappa shape index (κ1) is 16.4. The first-order valence-electron chi connectivity index (χ1n) is 7.06. The number of anilines is 1. The number of halogens is 2. The zero-order valence-corrected chi connectivity index (χ0v) is 13.4. The largest absolute Gasteiger partial charge is 0.497 e. The molecule has 2 aromatic carbocycles. The van der Waals surface area contributed by atoms with Crippen LogP contribution in [-0.4, -0.2) is 23.9 Å². The summed E-state index contributed by atoms with van der Waals surface area (Å²) in [7, 11) is 1.38. The van der Waals surface area contributed by atoms with Crippen LogP contribution in [0.5, 0.6) is 5.75 Å². The van der Waals surface area contributed by atoms with Crippen molar-refractivity contribution in [2.24, 2.45) is 0 Å². The molecule has 0 spiro atoms. The van der Waals surface area contributed by atoms with Gasteiger partial charge in [-0.1, -0.05) is 11.6 Å². The van der Waals surface area contributed by atoms with E-state index in [9.17, 15) is 19.1 Å². The summed E-state index contributed by atoms with van der Waals surface area (Å²) in [5.41, 5.74) is -1.76. The Morgan fingerprint density at radius 2 is 2.08 bits per heavy atom. The second-order valence-corrected chi connectivity index (χ2v) is 5.89. The molecule has 3 rings (SSSR count). The van der Waals surface area contributed by atoms with Gasteiger partial charge in [0, 0.05) is 22.3 Å². The van der Waals surface area contributed by atoms with Gasteiger partial charge in [-0.2, -0.15) is 0 Å². The number of aliphatic hydroxyl groups is 1. The van der Waals surface area contributed by atoms with E-state index >= 15 is 0 Å². The third kappa shape index (κ3) is 2.64. The van der Waals surface area contributed by atoms with Crippen LogP contribution >= 0.6 is 11.6 Å². The number of ketones is 1. The summed E-state index contributed by atoms with van der Waals surface area (Å²) in [6.45, 7) is 0. The molecule has 24 heavy (non-hydrogen) atoms. The van der Waals surface area contributed by atoms with Crippen LogP contribution < -0.4 is 10.1 Å². The third-order valence-corrected chi connectivity index (χ3v) is 4.18. The lowest BCUT2D eigenvalue weighted by Gasteiger charge is -2.20. The molecule has 1 atom stereocenters. The molecule has 7 heteroatoms. The van der Waals surface area contributed by atoms with E-state index in [0.29, 0.717) is 10.7 Å². The van der Waals surface area contributed by atoms with Gasteiger partial charge in [-0.25, -0.2) is 4.39 Å². The van der Waals surface area contributed by atoms with Crippen LogP contribution in [0.25, 0.3) is 0 Å². The number of carbonyl (C=O) groups is 2. The maximum Gasteiger partial charge on any atom is 0.261 e. The lowest BCUT2D eigenvalue weighted by atomic mass is 9.88. The number of hydrogen-bond donors (Lipinski definition) is 2. The van der Waals surface area contributed by atoms with Gasteiger partial charge < -0.3 is 15.2 Å². The highest BCUT2D eigenvalue weighted by Gasteiger charge is 2.47. The Hall–Kier alpha value is -2.44. The number of hydrogen-bond acceptors (Lipinski definition) is 4. The molecular formula is C17H13ClFNO4. The number of amides is 1. The van der Waals surface area contributed by atoms with Crippen LogP contribution in [0.4, 0.5) is 10.1 Å². The van der Waals surface area contributed by atoms with Crippen LogP contribution in [0.3, 0.4) is 0 Å². The molecule has 0 fully saturated rings. The van der Waals surface area contributed by atoms with Crippen molar-refractivity contribution in [2.45, 2.75) is 12.0 Å². The summed E-state index contributed by atoms with van der Waals surface area (Å²) in [5.74, 6) is -1.98. The van der Waals surface area contributed by atoms with Crippen LogP contribution in [-0.2, 0) is 10.4 Å². The molecule has 124 valence electrons. The van der Waals surface area contributed by atoms with E-state index in [1.165, 1.54) is 31.4 Å². The van der Waals surface area contributed by atoms with Gasteiger partial charge in [0.05, 0.1) is 19.1 Å². The summed E-state index contributed by atoms with van der Waals surface area (Å²) in [5, 5.41) is 13.5. The number of fused-ring (bicyclic) bond motifs is 1. The zero-order valence-electron chi connectivity index (χ0n) is 12.6. The lowest BCUT2D eigenvalue weighted by molar-refractivity contribution is -0.133. The highest BCUT2D eigenvalue weighted by Crippen LogP contribution is 2.40. The normalized spacial score (nSPS) is 18.9. The standard InChI is InChI=1S/C17H13ClFNO4/c1-24-10-3-4-11(13(19)7-10)15(21)8-17(23)12-6-9(18)2-5-14(12)20-16(17)22/h2-7,23H,8H2,1H3,(H,20,22)/t17-/m0/s1. The predicted molar refractivity (Wildman–Crippen MR) is 85.9 cm³/mol. The van der Waals surface area contributed by atoms with E-state index < -0.39 is 29.5 Å². The molecule has 5 nitrogen and oxygen atoms in total. The van der Waals surface area contributed by atoms with Crippen molar-refractivity contribution >= 4 is 29.0 Å². The number of rotatable bonds is 4. The number of methoxy groups -OCH3 is 1. The summed E-state index contributed by atoms with van der Waals surface area (Å²) >= 11 is 5.90. The topological polar surface area (TPSA) is 75.6 Å². The molecular weight excluding hydrogens is 337 g/mol. The van der Waals surface area contributed by atoms with Crippen LogP contribution in [0.2, 0.25) is 5.02 Å². The average Bonchev–Trinajstić information content (AvgIpc) is 2.78. The second-order valence-electron chi connectivity index (χ2n) is 5.45. The van der Waals surface area contributed by atoms with Gasteiger partial charge in [0.2, 0.25) is 0 Å². The summed E-state index contributed by atoms with van der Waals surface area (Å²) in [6.07, 6.45) is -0.602. The Kier molecular flexibility index (Phi) is 4.03. The van der Waals surface area contributed by atoms with E-state index in [4.69, 9.17) is 16.3 Å². The first-order chi connectivity index (χ1) is 11.3. The fraction of sp³-hybridized carbons (Fsp3) is 0.176. The van der Waals surface area contributed by atoms with Gasteiger partial charge in [-0.3, -0.25) is 9.59 Å². The van der Waals surface area contributed by atoms with Gasteiger partial charge >= 0.3 is 0 Å². The second kappa shape index (κ2) is 5.89. The van der Waals surface area contributed by atoms with Gasteiger partial charge in [0.1, 0.15) is 11.6 Å². The van der Waals surface area contributed by atoms with Crippen molar-refractivity contribution in [2.75, 3.05) is 12.4 Å². The van der Waals surface area contributed by atoms with Crippen molar-refractivity contribution in [1.82, 2.24) is 0 Å². The maximum absolute atomic E-state index is 14.0. The van der Waals surface area contributed by atoms with E-state index in [-0.39, 0.29) is 16.9 Å². The summed E-state index contributed by atoms with van der Waals surface area (Å²) in [6, 6.07) is 8.25. The fourth-order valence-corrected chi connectivity index (χ4v) is 2.84. The number of carbonyl (C=O) groups excluding carboxylic acids is 2. The van der Waals surface area contributed by atoms with Crippen LogP contribution in [0.1, 0.15) is 22.3 Å². The predicted octanol–water partition coefficient (Wildman–Crippen LogP) is 2.90. The minimum atomic E-state index is -2.09.